The van der Waals surface area contributed by atoms with Gasteiger partial charge in [0.1, 0.15) is 5.39 Å². The van der Waals surface area contributed by atoms with Crippen LogP contribution in [0.4, 0.5) is 0 Å². The van der Waals surface area contributed by atoms with Crippen LogP contribution in [0.2, 0.25) is 10.0 Å². The van der Waals surface area contributed by atoms with E-state index in [2.05, 4.69) is 5.10 Å². The highest BCUT2D eigenvalue weighted by molar-refractivity contribution is 6.42. The molecule has 1 aliphatic rings. The topological polar surface area (TPSA) is 80.4 Å². The molecule has 0 radical (unpaired) electrons. The Morgan fingerprint density at radius 1 is 1.19 bits per heavy atom. The zero-order chi connectivity index (χ0) is 19.5. The number of amides is 1. The summed E-state index contributed by atoms with van der Waals surface area (Å²) in [6, 6.07) is 5.07. The van der Waals surface area contributed by atoms with Gasteiger partial charge in [-0.05, 0) is 24.6 Å². The maximum Gasteiger partial charge on any atom is 0.280 e. The minimum atomic E-state index is -0.462. The van der Waals surface area contributed by atoms with Crippen molar-refractivity contribution in [1.82, 2.24) is 19.2 Å². The van der Waals surface area contributed by atoms with E-state index >= 15 is 0 Å². The summed E-state index contributed by atoms with van der Waals surface area (Å²) >= 11 is 12.0. The van der Waals surface area contributed by atoms with Gasteiger partial charge in [0.15, 0.2) is 11.4 Å². The molecule has 0 fully saturated rings. The molecule has 2 aromatic heterocycles. The third-order valence-corrected chi connectivity index (χ3v) is 5.56. The summed E-state index contributed by atoms with van der Waals surface area (Å²) in [5, 5.41) is 16.0. The van der Waals surface area contributed by atoms with Crippen LogP contribution in [0.1, 0.15) is 21.7 Å². The van der Waals surface area contributed by atoms with Crippen LogP contribution in [0, 0.1) is 6.92 Å². The number of aromatic nitrogens is 3. The van der Waals surface area contributed by atoms with Crippen LogP contribution < -0.4 is 5.56 Å². The average molecular weight is 407 g/mol. The van der Waals surface area contributed by atoms with Gasteiger partial charge in [-0.25, -0.2) is 4.68 Å². The van der Waals surface area contributed by atoms with Crippen molar-refractivity contribution in [2.24, 2.45) is 0 Å². The number of carbonyl (C=O) groups excluding carboxylic acids is 1. The van der Waals surface area contributed by atoms with Crippen molar-refractivity contribution in [1.29, 1.82) is 0 Å². The van der Waals surface area contributed by atoms with E-state index in [4.69, 9.17) is 23.2 Å². The van der Waals surface area contributed by atoms with Gasteiger partial charge in [-0.3, -0.25) is 9.59 Å². The first-order chi connectivity index (χ1) is 12.8. The number of aromatic hydroxyl groups is 1. The van der Waals surface area contributed by atoms with Gasteiger partial charge >= 0.3 is 0 Å². The predicted molar refractivity (Wildman–Crippen MR) is 103 cm³/mol. The Kier molecular flexibility index (Phi) is 4.16. The number of hydrogen-bond acceptors (Lipinski definition) is 4. The maximum atomic E-state index is 13.0. The number of nitrogens with zero attached hydrogens (tertiary/aromatic N) is 4. The lowest BCUT2D eigenvalue weighted by Crippen LogP contribution is -2.37. The fraction of sp³-hybridized carbons (Fsp3) is 0.278. The van der Waals surface area contributed by atoms with Gasteiger partial charge in [0, 0.05) is 20.1 Å². The molecule has 140 valence electrons. The standard InChI is InChI=1S/C18H16Cl2N4O3/c1-9-14-13(16(25)15-18(27)22(2)5-6-23(14)15)17(26)24(21-9)8-10-3-4-11(19)12(20)7-10/h3-4,7,25H,5-6,8H2,1-2H3. The molecular formula is C18H16Cl2N4O3. The number of carbonyl (C=O) groups is 1. The summed E-state index contributed by atoms with van der Waals surface area (Å²) in [5.74, 6) is -0.607. The second kappa shape index (κ2) is 6.28. The molecule has 1 aromatic carbocycles. The summed E-state index contributed by atoms with van der Waals surface area (Å²) in [6.45, 7) is 2.91. The summed E-state index contributed by atoms with van der Waals surface area (Å²) < 4.78 is 2.94. The molecule has 1 aliphatic heterocycles. The Morgan fingerprint density at radius 2 is 1.93 bits per heavy atom. The molecule has 0 saturated carbocycles. The van der Waals surface area contributed by atoms with Crippen LogP contribution >= 0.6 is 23.2 Å². The van der Waals surface area contributed by atoms with Gasteiger partial charge in [0.2, 0.25) is 0 Å². The van der Waals surface area contributed by atoms with Gasteiger partial charge in [0.25, 0.3) is 11.5 Å². The van der Waals surface area contributed by atoms with Crippen LogP contribution in [0.25, 0.3) is 10.9 Å². The van der Waals surface area contributed by atoms with Crippen LogP contribution in [0.15, 0.2) is 23.0 Å². The fourth-order valence-corrected chi connectivity index (χ4v) is 3.80. The molecule has 0 bridgehead atoms. The number of benzene rings is 1. The largest absolute Gasteiger partial charge is 0.505 e. The molecule has 4 rings (SSSR count). The summed E-state index contributed by atoms with van der Waals surface area (Å²) in [6.07, 6.45) is 0. The van der Waals surface area contributed by atoms with E-state index in [1.165, 1.54) is 9.58 Å². The smallest absolute Gasteiger partial charge is 0.280 e. The maximum absolute atomic E-state index is 13.0. The first kappa shape index (κ1) is 17.9. The number of rotatable bonds is 2. The van der Waals surface area contributed by atoms with Crippen molar-refractivity contribution in [3.8, 4) is 5.75 Å². The van der Waals surface area contributed by atoms with Crippen LogP contribution in [-0.2, 0) is 13.1 Å². The third-order valence-electron chi connectivity index (χ3n) is 4.82. The fourth-order valence-electron chi connectivity index (χ4n) is 3.48. The van der Waals surface area contributed by atoms with Gasteiger partial charge in [-0.2, -0.15) is 5.10 Å². The highest BCUT2D eigenvalue weighted by Gasteiger charge is 2.31. The SMILES string of the molecule is Cc1nn(Cc2ccc(Cl)c(Cl)c2)c(=O)c2c(O)c3n(c12)CCN(C)C3=O. The van der Waals surface area contributed by atoms with Gasteiger partial charge < -0.3 is 14.6 Å². The lowest BCUT2D eigenvalue weighted by atomic mass is 10.2. The number of fused-ring (bicyclic) bond motifs is 3. The van der Waals surface area contributed by atoms with Crippen molar-refractivity contribution in [3.05, 3.63) is 55.5 Å². The molecule has 1 N–H and O–H groups in total. The average Bonchev–Trinajstić information content (AvgIpc) is 2.93. The van der Waals surface area contributed by atoms with Crippen molar-refractivity contribution in [2.75, 3.05) is 13.6 Å². The number of aryl methyl sites for hydroxylation is 1. The first-order valence-corrected chi connectivity index (χ1v) is 9.07. The van der Waals surface area contributed by atoms with E-state index in [0.29, 0.717) is 34.3 Å². The van der Waals surface area contributed by atoms with E-state index in [-0.39, 0.29) is 29.3 Å². The molecule has 0 spiro atoms. The van der Waals surface area contributed by atoms with Crippen LogP contribution in [-0.4, -0.2) is 43.9 Å². The van der Waals surface area contributed by atoms with E-state index < -0.39 is 5.56 Å². The van der Waals surface area contributed by atoms with Gasteiger partial charge in [-0.1, -0.05) is 29.3 Å². The molecule has 0 aliphatic carbocycles. The minimum Gasteiger partial charge on any atom is -0.505 e. The first-order valence-electron chi connectivity index (χ1n) is 8.32. The lowest BCUT2D eigenvalue weighted by Gasteiger charge is -2.25. The molecule has 0 atom stereocenters. The normalized spacial score (nSPS) is 14.1. The summed E-state index contributed by atoms with van der Waals surface area (Å²) in [5.41, 5.74) is 1.48. The molecule has 0 unspecified atom stereocenters. The van der Waals surface area contributed by atoms with Crippen molar-refractivity contribution >= 4 is 40.0 Å². The second-order valence-corrected chi connectivity index (χ2v) is 7.41. The Bertz CT molecular complexity index is 1170. The Labute approximate surface area is 164 Å². The molecule has 1 amide bonds. The molecule has 9 heteroatoms. The molecular weight excluding hydrogens is 391 g/mol. The highest BCUT2D eigenvalue weighted by atomic mass is 35.5. The third kappa shape index (κ3) is 2.69. The van der Waals surface area contributed by atoms with E-state index in [1.54, 1.807) is 36.7 Å². The summed E-state index contributed by atoms with van der Waals surface area (Å²) in [4.78, 5) is 27.0. The number of likely N-dealkylation sites (N-methyl/N-ethyl adjacent to an activating group) is 1. The zero-order valence-corrected chi connectivity index (χ0v) is 16.2. The zero-order valence-electron chi connectivity index (χ0n) is 14.7. The predicted octanol–water partition coefficient (Wildman–Crippen LogP) is 2.65. The van der Waals surface area contributed by atoms with Crippen molar-refractivity contribution < 1.29 is 9.90 Å². The highest BCUT2D eigenvalue weighted by Crippen LogP contribution is 2.33. The molecule has 27 heavy (non-hydrogen) atoms. The van der Waals surface area contributed by atoms with Crippen molar-refractivity contribution in [3.63, 3.8) is 0 Å². The Morgan fingerprint density at radius 3 is 2.63 bits per heavy atom. The van der Waals surface area contributed by atoms with Gasteiger partial charge in [-0.15, -0.1) is 0 Å². The Balaban J connectivity index is 1.91. The quantitative estimate of drug-likeness (QED) is 0.709. The van der Waals surface area contributed by atoms with E-state index in [1.807, 2.05) is 0 Å². The van der Waals surface area contributed by atoms with Gasteiger partial charge in [0.05, 0.1) is 27.8 Å². The molecule has 3 heterocycles. The lowest BCUT2D eigenvalue weighted by molar-refractivity contribution is 0.0747. The molecule has 3 aromatic rings. The second-order valence-electron chi connectivity index (χ2n) is 6.60. The molecule has 0 saturated heterocycles. The minimum absolute atomic E-state index is 0.112. The molecule has 7 nitrogen and oxygen atoms in total. The van der Waals surface area contributed by atoms with E-state index in [9.17, 15) is 14.7 Å². The van der Waals surface area contributed by atoms with Crippen LogP contribution in [0.5, 0.6) is 5.75 Å². The monoisotopic (exact) mass is 406 g/mol. The number of hydrogen-bond donors (Lipinski definition) is 1. The van der Waals surface area contributed by atoms with Crippen LogP contribution in [0.3, 0.4) is 0 Å². The number of halogens is 2. The Hall–Kier alpha value is -2.51. The van der Waals surface area contributed by atoms with Crippen molar-refractivity contribution in [2.45, 2.75) is 20.0 Å². The summed E-state index contributed by atoms with van der Waals surface area (Å²) in [7, 11) is 1.66. The van der Waals surface area contributed by atoms with E-state index in [0.717, 1.165) is 5.56 Å².